The number of carbonyl (C=O) groups excluding carboxylic acids is 1. The molecule has 0 aromatic rings. The van der Waals surface area contributed by atoms with E-state index in [4.69, 9.17) is 4.74 Å². The van der Waals surface area contributed by atoms with Crippen molar-refractivity contribution in [3.63, 3.8) is 0 Å². The van der Waals surface area contributed by atoms with E-state index in [9.17, 15) is 4.79 Å². The van der Waals surface area contributed by atoms with Crippen LogP contribution in [0.25, 0.3) is 0 Å². The van der Waals surface area contributed by atoms with Gasteiger partial charge in [0.25, 0.3) is 0 Å². The van der Waals surface area contributed by atoms with Gasteiger partial charge in [-0.1, -0.05) is 0 Å². The number of ether oxygens (including phenoxy) is 1. The molecule has 0 bridgehead atoms. The van der Waals surface area contributed by atoms with E-state index in [1.54, 1.807) is 0 Å². The summed E-state index contributed by atoms with van der Waals surface area (Å²) in [5.41, 5.74) is 0. The topological polar surface area (TPSA) is 53.6 Å². The van der Waals surface area contributed by atoms with Crippen molar-refractivity contribution in [2.45, 2.75) is 56.8 Å². The van der Waals surface area contributed by atoms with Gasteiger partial charge in [0, 0.05) is 18.6 Å². The predicted octanol–water partition coefficient (Wildman–Crippen LogP) is 1.20. The molecule has 1 aliphatic heterocycles. The van der Waals surface area contributed by atoms with Crippen LogP contribution in [-0.4, -0.2) is 62.3 Å². The quantitative estimate of drug-likeness (QED) is 0.809. The van der Waals surface area contributed by atoms with Crippen LogP contribution in [0, 0.1) is 0 Å². The predicted molar refractivity (Wildman–Crippen MR) is 89.6 cm³/mol. The van der Waals surface area contributed by atoms with Crippen molar-refractivity contribution in [1.29, 1.82) is 0 Å². The maximum absolute atomic E-state index is 12.3. The van der Waals surface area contributed by atoms with Gasteiger partial charge in [-0.15, -0.1) is 24.8 Å². The van der Waals surface area contributed by atoms with Crippen LogP contribution in [0.1, 0.15) is 32.6 Å². The number of hydrogen-bond donors (Lipinski definition) is 2. The van der Waals surface area contributed by atoms with Crippen LogP contribution in [0.15, 0.2) is 0 Å². The lowest BCUT2D eigenvalue weighted by Crippen LogP contribution is -2.57. The molecule has 1 saturated heterocycles. The molecule has 2 unspecified atom stereocenters. The molecule has 1 aliphatic carbocycles. The Morgan fingerprint density at radius 2 is 2.00 bits per heavy atom. The SMILES string of the molecule is C[C@H]1OCCN[C@@H]1C(=O)NC1CCCC(N(C)C)C1.Cl.Cl. The van der Waals surface area contributed by atoms with Crippen LogP contribution in [0.2, 0.25) is 0 Å². The Morgan fingerprint density at radius 1 is 1.29 bits per heavy atom. The number of carbonyl (C=O) groups is 1. The number of nitrogens with one attached hydrogen (secondary N) is 2. The van der Waals surface area contributed by atoms with Crippen molar-refractivity contribution < 1.29 is 9.53 Å². The molecular weight excluding hydrogens is 313 g/mol. The molecule has 5 nitrogen and oxygen atoms in total. The van der Waals surface area contributed by atoms with E-state index in [0.717, 1.165) is 19.4 Å². The molecule has 1 amide bonds. The molecule has 2 N–H and O–H groups in total. The molecule has 7 heteroatoms. The first-order chi connectivity index (χ1) is 9.08. The smallest absolute Gasteiger partial charge is 0.240 e. The maximum atomic E-state index is 12.3. The summed E-state index contributed by atoms with van der Waals surface area (Å²) in [7, 11) is 4.24. The highest BCUT2D eigenvalue weighted by Crippen LogP contribution is 2.21. The van der Waals surface area contributed by atoms with Gasteiger partial charge in [0.2, 0.25) is 5.91 Å². The Morgan fingerprint density at radius 3 is 2.62 bits per heavy atom. The third-order valence-electron chi connectivity index (χ3n) is 4.32. The minimum absolute atomic E-state index is 0. The number of halogens is 2. The Labute approximate surface area is 140 Å². The van der Waals surface area contributed by atoms with Crippen molar-refractivity contribution in [3.05, 3.63) is 0 Å². The molecule has 0 aromatic carbocycles. The fourth-order valence-electron chi connectivity index (χ4n) is 3.08. The summed E-state index contributed by atoms with van der Waals surface area (Å²) < 4.78 is 5.53. The number of rotatable bonds is 3. The zero-order chi connectivity index (χ0) is 13.8. The molecule has 2 rings (SSSR count). The van der Waals surface area contributed by atoms with Crippen molar-refractivity contribution in [2.75, 3.05) is 27.2 Å². The van der Waals surface area contributed by atoms with Crippen LogP contribution >= 0.6 is 24.8 Å². The average Bonchev–Trinajstić information content (AvgIpc) is 2.39. The Balaban J connectivity index is 0.00000200. The molecule has 21 heavy (non-hydrogen) atoms. The number of hydrogen-bond acceptors (Lipinski definition) is 4. The Kier molecular flexibility index (Phi) is 9.81. The normalized spacial score (nSPS) is 32.8. The first-order valence-corrected chi connectivity index (χ1v) is 7.39. The minimum atomic E-state index is -0.200. The lowest BCUT2D eigenvalue weighted by Gasteiger charge is -2.36. The van der Waals surface area contributed by atoms with Gasteiger partial charge in [0.15, 0.2) is 0 Å². The zero-order valence-electron chi connectivity index (χ0n) is 13.1. The molecule has 1 saturated carbocycles. The summed E-state index contributed by atoms with van der Waals surface area (Å²) in [5, 5.41) is 6.44. The fraction of sp³-hybridized carbons (Fsp3) is 0.929. The van der Waals surface area contributed by atoms with Gasteiger partial charge in [0.05, 0.1) is 12.7 Å². The maximum Gasteiger partial charge on any atom is 0.240 e. The van der Waals surface area contributed by atoms with E-state index in [0.29, 0.717) is 18.7 Å². The van der Waals surface area contributed by atoms with Gasteiger partial charge in [-0.25, -0.2) is 0 Å². The van der Waals surface area contributed by atoms with E-state index < -0.39 is 0 Å². The fourth-order valence-corrected chi connectivity index (χ4v) is 3.08. The number of morpholine rings is 1. The molecule has 0 aromatic heterocycles. The summed E-state index contributed by atoms with van der Waals surface area (Å²) in [6.45, 7) is 3.41. The highest BCUT2D eigenvalue weighted by molar-refractivity contribution is 5.85. The van der Waals surface area contributed by atoms with Crippen molar-refractivity contribution in [3.8, 4) is 0 Å². The Bertz CT molecular complexity index is 319. The summed E-state index contributed by atoms with van der Waals surface area (Å²) in [6, 6.07) is 0.699. The van der Waals surface area contributed by atoms with Gasteiger partial charge in [-0.3, -0.25) is 4.79 Å². The van der Waals surface area contributed by atoms with Gasteiger partial charge in [0.1, 0.15) is 6.04 Å². The van der Waals surface area contributed by atoms with Gasteiger partial charge >= 0.3 is 0 Å². The second-order valence-corrected chi connectivity index (χ2v) is 6.00. The van der Waals surface area contributed by atoms with Crippen molar-refractivity contribution in [2.24, 2.45) is 0 Å². The molecule has 1 heterocycles. The van der Waals surface area contributed by atoms with Crippen molar-refractivity contribution in [1.82, 2.24) is 15.5 Å². The molecule has 2 aliphatic rings. The monoisotopic (exact) mass is 341 g/mol. The third kappa shape index (κ3) is 5.91. The van der Waals surface area contributed by atoms with Gasteiger partial charge in [-0.05, 0) is 46.7 Å². The lowest BCUT2D eigenvalue weighted by atomic mass is 9.90. The molecule has 0 spiro atoms. The van der Waals surface area contributed by atoms with Crippen LogP contribution in [-0.2, 0) is 9.53 Å². The molecule has 0 radical (unpaired) electrons. The van der Waals surface area contributed by atoms with E-state index in [1.807, 2.05) is 6.92 Å². The van der Waals surface area contributed by atoms with Gasteiger partial charge < -0.3 is 20.3 Å². The minimum Gasteiger partial charge on any atom is -0.375 e. The number of nitrogens with zero attached hydrogens (tertiary/aromatic N) is 1. The second kappa shape index (κ2) is 9.85. The first kappa shape index (κ1) is 20.9. The standard InChI is InChI=1S/C14H27N3O2.2ClH/c1-10-13(15-7-8-19-10)14(18)16-11-5-4-6-12(9-11)17(2)3;;/h10-13,15H,4-9H2,1-3H3,(H,16,18);2*1H/t10-,11?,12?,13+;;/m1../s1. The summed E-state index contributed by atoms with van der Waals surface area (Å²) in [5.74, 6) is 0.0941. The molecule has 4 atom stereocenters. The zero-order valence-corrected chi connectivity index (χ0v) is 14.8. The Hall–Kier alpha value is -0.0700. The lowest BCUT2D eigenvalue weighted by molar-refractivity contribution is -0.130. The third-order valence-corrected chi connectivity index (χ3v) is 4.32. The first-order valence-electron chi connectivity index (χ1n) is 7.39. The van der Waals surface area contributed by atoms with Crippen LogP contribution in [0.3, 0.4) is 0 Å². The van der Waals surface area contributed by atoms with E-state index >= 15 is 0 Å². The summed E-state index contributed by atoms with van der Waals surface area (Å²) in [6.07, 6.45) is 4.54. The van der Waals surface area contributed by atoms with Crippen LogP contribution < -0.4 is 10.6 Å². The second-order valence-electron chi connectivity index (χ2n) is 6.00. The highest BCUT2D eigenvalue weighted by Gasteiger charge is 2.31. The van der Waals surface area contributed by atoms with E-state index in [1.165, 1.54) is 12.8 Å². The van der Waals surface area contributed by atoms with Crippen LogP contribution in [0.5, 0.6) is 0 Å². The van der Waals surface area contributed by atoms with Gasteiger partial charge in [-0.2, -0.15) is 0 Å². The summed E-state index contributed by atoms with van der Waals surface area (Å²) >= 11 is 0. The highest BCUT2D eigenvalue weighted by atomic mass is 35.5. The average molecular weight is 342 g/mol. The molecule has 126 valence electrons. The molecular formula is C14H29Cl2N3O2. The summed E-state index contributed by atoms with van der Waals surface area (Å²) in [4.78, 5) is 14.6. The number of amides is 1. The van der Waals surface area contributed by atoms with E-state index in [2.05, 4.69) is 29.6 Å². The van der Waals surface area contributed by atoms with Crippen LogP contribution in [0.4, 0.5) is 0 Å². The van der Waals surface area contributed by atoms with E-state index in [-0.39, 0.29) is 42.9 Å². The largest absolute Gasteiger partial charge is 0.375 e. The molecule has 2 fully saturated rings. The van der Waals surface area contributed by atoms with Crippen molar-refractivity contribution >= 4 is 30.7 Å².